The zero-order valence-electron chi connectivity index (χ0n) is 13.8. The molecule has 7 heteroatoms. The molecule has 1 aliphatic heterocycles. The van der Waals surface area contributed by atoms with Crippen LogP contribution in [0.2, 0.25) is 0 Å². The third kappa shape index (κ3) is 6.75. The lowest BCUT2D eigenvalue weighted by atomic mass is 9.89. The molecule has 4 nitrogen and oxygen atoms in total. The first kappa shape index (κ1) is 22.8. The maximum atomic E-state index is 12.9. The van der Waals surface area contributed by atoms with E-state index in [0.717, 1.165) is 32.5 Å². The Morgan fingerprint density at radius 2 is 1.83 bits per heavy atom. The highest BCUT2D eigenvalue weighted by Crippen LogP contribution is 2.22. The van der Waals surface area contributed by atoms with E-state index < -0.39 is 0 Å². The molecule has 1 heterocycles. The van der Waals surface area contributed by atoms with Crippen molar-refractivity contribution in [2.24, 2.45) is 5.92 Å². The first-order valence-corrected chi connectivity index (χ1v) is 7.82. The number of nitrogens with zero attached hydrogens (tertiary/aromatic N) is 1. The van der Waals surface area contributed by atoms with Crippen molar-refractivity contribution in [1.29, 1.82) is 5.41 Å². The highest BCUT2D eigenvalue weighted by molar-refractivity contribution is 5.97. The molecule has 0 saturated carbocycles. The molecule has 0 spiro atoms. The van der Waals surface area contributed by atoms with Gasteiger partial charge in [-0.15, -0.1) is 24.8 Å². The molecule has 0 amide bonds. The van der Waals surface area contributed by atoms with Gasteiger partial charge >= 0.3 is 0 Å². The van der Waals surface area contributed by atoms with Crippen LogP contribution in [0.15, 0.2) is 24.3 Å². The van der Waals surface area contributed by atoms with Gasteiger partial charge in [0.25, 0.3) is 0 Å². The predicted octanol–water partition coefficient (Wildman–Crippen LogP) is 3.97. The molecule has 1 fully saturated rings. The Labute approximate surface area is 155 Å². The Balaban J connectivity index is 0.00000264. The summed E-state index contributed by atoms with van der Waals surface area (Å²) in [5.41, 5.74) is 0.595. The Morgan fingerprint density at radius 1 is 1.25 bits per heavy atom. The average molecular weight is 379 g/mol. The molecular weight excluding hydrogens is 354 g/mol. The molecule has 1 N–H and O–H groups in total. The number of hydrogen-bond acceptors (Lipinski definition) is 4. The lowest BCUT2D eigenvalue weighted by Gasteiger charge is -2.31. The van der Waals surface area contributed by atoms with Gasteiger partial charge in [0.1, 0.15) is 5.82 Å². The van der Waals surface area contributed by atoms with Crippen LogP contribution in [-0.4, -0.2) is 42.8 Å². The number of nitrogens with one attached hydrogen (secondary N) is 1. The number of ketones is 1. The Kier molecular flexibility index (Phi) is 10.8. The quantitative estimate of drug-likeness (QED) is 0.462. The van der Waals surface area contributed by atoms with Crippen LogP contribution in [0.4, 0.5) is 4.39 Å². The van der Waals surface area contributed by atoms with Crippen LogP contribution in [0, 0.1) is 17.1 Å². The molecule has 1 aromatic carbocycles. The summed E-state index contributed by atoms with van der Waals surface area (Å²) in [4.78, 5) is 14.6. The van der Waals surface area contributed by atoms with Gasteiger partial charge in [0, 0.05) is 24.4 Å². The SMILES string of the molecule is CCOC(=N)CCN1CCC(C(=O)c2ccc(F)cc2)CC1.Cl.Cl. The number of carbonyl (C=O) groups is 1. The van der Waals surface area contributed by atoms with Gasteiger partial charge in [-0.2, -0.15) is 0 Å². The van der Waals surface area contributed by atoms with Crippen molar-refractivity contribution in [3.8, 4) is 0 Å². The highest BCUT2D eigenvalue weighted by Gasteiger charge is 2.25. The summed E-state index contributed by atoms with van der Waals surface area (Å²) >= 11 is 0. The summed E-state index contributed by atoms with van der Waals surface area (Å²) in [7, 11) is 0. The number of hydrogen-bond donors (Lipinski definition) is 1. The van der Waals surface area contributed by atoms with E-state index in [4.69, 9.17) is 10.1 Å². The van der Waals surface area contributed by atoms with Crippen LogP contribution < -0.4 is 0 Å². The molecule has 0 atom stereocenters. The average Bonchev–Trinajstić information content (AvgIpc) is 2.54. The molecule has 136 valence electrons. The fraction of sp³-hybridized carbons (Fsp3) is 0.529. The largest absolute Gasteiger partial charge is 0.481 e. The van der Waals surface area contributed by atoms with Crippen molar-refractivity contribution in [2.45, 2.75) is 26.2 Å². The standard InChI is InChI=1S/C17H23FN2O2.2ClH/c1-2-22-16(19)9-12-20-10-7-14(8-11-20)17(21)13-3-5-15(18)6-4-13;;/h3-6,14,19H,2,7-12H2,1H3;2*1H. The van der Waals surface area contributed by atoms with Gasteiger partial charge in [-0.1, -0.05) is 0 Å². The predicted molar refractivity (Wildman–Crippen MR) is 98.4 cm³/mol. The van der Waals surface area contributed by atoms with Gasteiger partial charge in [-0.05, 0) is 57.1 Å². The van der Waals surface area contributed by atoms with Crippen molar-refractivity contribution in [2.75, 3.05) is 26.2 Å². The Hall–Kier alpha value is -1.17. The zero-order chi connectivity index (χ0) is 15.9. The fourth-order valence-corrected chi connectivity index (χ4v) is 2.77. The molecule has 0 aliphatic carbocycles. The highest BCUT2D eigenvalue weighted by atomic mass is 35.5. The van der Waals surface area contributed by atoms with Gasteiger partial charge < -0.3 is 9.64 Å². The third-order valence-corrected chi connectivity index (χ3v) is 4.06. The van der Waals surface area contributed by atoms with Gasteiger partial charge in [0.15, 0.2) is 11.7 Å². The number of piperidine rings is 1. The van der Waals surface area contributed by atoms with E-state index in [1.54, 1.807) is 12.1 Å². The molecule has 24 heavy (non-hydrogen) atoms. The van der Waals surface area contributed by atoms with E-state index in [1.807, 2.05) is 6.92 Å². The van der Waals surface area contributed by atoms with Crippen LogP contribution in [0.1, 0.15) is 36.5 Å². The van der Waals surface area contributed by atoms with Crippen LogP contribution >= 0.6 is 24.8 Å². The summed E-state index contributed by atoms with van der Waals surface area (Å²) in [5.74, 6) is 0.143. The number of ether oxygens (including phenoxy) is 1. The molecule has 1 aliphatic rings. The summed E-state index contributed by atoms with van der Waals surface area (Å²) < 4.78 is 18.0. The number of rotatable bonds is 6. The van der Waals surface area contributed by atoms with Crippen molar-refractivity contribution in [3.63, 3.8) is 0 Å². The maximum Gasteiger partial charge on any atom is 0.181 e. The van der Waals surface area contributed by atoms with Crippen molar-refractivity contribution >= 4 is 36.5 Å². The lowest BCUT2D eigenvalue weighted by Crippen LogP contribution is -2.37. The second kappa shape index (κ2) is 11.4. The number of Topliss-reactive ketones (excluding diaryl/α,β-unsaturated/α-hetero) is 1. The van der Waals surface area contributed by atoms with Gasteiger partial charge in [-0.25, -0.2) is 4.39 Å². The van der Waals surface area contributed by atoms with Gasteiger partial charge in [0.2, 0.25) is 0 Å². The maximum absolute atomic E-state index is 12.9. The second-order valence-corrected chi connectivity index (χ2v) is 5.59. The minimum atomic E-state index is -0.317. The van der Waals surface area contributed by atoms with Gasteiger partial charge in [0.05, 0.1) is 6.61 Å². The van der Waals surface area contributed by atoms with Gasteiger partial charge in [-0.3, -0.25) is 10.2 Å². The normalized spacial score (nSPS) is 15.1. The fourth-order valence-electron chi connectivity index (χ4n) is 2.77. The summed E-state index contributed by atoms with van der Waals surface area (Å²) in [5, 5.41) is 7.61. The van der Waals surface area contributed by atoms with Crippen LogP contribution in [-0.2, 0) is 4.74 Å². The number of benzene rings is 1. The third-order valence-electron chi connectivity index (χ3n) is 4.06. The number of halogens is 3. The van der Waals surface area contributed by atoms with Crippen molar-refractivity contribution in [3.05, 3.63) is 35.6 Å². The van der Waals surface area contributed by atoms with Crippen molar-refractivity contribution in [1.82, 2.24) is 4.90 Å². The smallest absolute Gasteiger partial charge is 0.181 e. The first-order valence-electron chi connectivity index (χ1n) is 7.82. The molecule has 1 aromatic rings. The lowest BCUT2D eigenvalue weighted by molar-refractivity contribution is 0.0841. The van der Waals surface area contributed by atoms with E-state index in [1.165, 1.54) is 12.1 Å². The van der Waals surface area contributed by atoms with Crippen LogP contribution in [0.3, 0.4) is 0 Å². The van der Waals surface area contributed by atoms with Crippen LogP contribution in [0.25, 0.3) is 0 Å². The minimum absolute atomic E-state index is 0. The van der Waals surface area contributed by atoms with E-state index in [-0.39, 0.29) is 42.3 Å². The molecular formula is C17H25Cl2FN2O2. The molecule has 0 radical (unpaired) electrons. The minimum Gasteiger partial charge on any atom is -0.481 e. The molecule has 0 unspecified atom stereocenters. The number of carbonyl (C=O) groups excluding carboxylic acids is 1. The monoisotopic (exact) mass is 378 g/mol. The number of likely N-dealkylation sites (tertiary alicyclic amines) is 1. The topological polar surface area (TPSA) is 53.4 Å². The van der Waals surface area contributed by atoms with E-state index in [2.05, 4.69) is 4.90 Å². The van der Waals surface area contributed by atoms with E-state index >= 15 is 0 Å². The molecule has 0 bridgehead atoms. The zero-order valence-corrected chi connectivity index (χ0v) is 15.4. The summed E-state index contributed by atoms with van der Waals surface area (Å²) in [6.45, 7) is 4.93. The Morgan fingerprint density at radius 3 is 2.38 bits per heavy atom. The summed E-state index contributed by atoms with van der Waals surface area (Å²) in [6.07, 6.45) is 2.25. The summed E-state index contributed by atoms with van der Waals surface area (Å²) in [6, 6.07) is 5.80. The molecule has 1 saturated heterocycles. The van der Waals surface area contributed by atoms with Crippen LogP contribution in [0.5, 0.6) is 0 Å². The first-order chi connectivity index (χ1) is 10.6. The second-order valence-electron chi connectivity index (χ2n) is 5.59. The molecule has 2 rings (SSSR count). The van der Waals surface area contributed by atoms with Crippen molar-refractivity contribution < 1.29 is 13.9 Å². The Bertz CT molecular complexity index is 518. The van der Waals surface area contributed by atoms with E-state index in [0.29, 0.717) is 24.5 Å². The molecule has 0 aromatic heterocycles. The van der Waals surface area contributed by atoms with E-state index in [9.17, 15) is 9.18 Å².